The molecule has 1 unspecified atom stereocenters. The molecule has 3 N–H and O–H groups in total. The van der Waals surface area contributed by atoms with Crippen LogP contribution in [0.1, 0.15) is 0 Å². The monoisotopic (exact) mass is 285 g/mol. The number of benzene rings is 1. The van der Waals surface area contributed by atoms with E-state index < -0.39 is 10.0 Å². The molecule has 0 spiro atoms. The lowest BCUT2D eigenvalue weighted by molar-refractivity contribution is 0.272. The van der Waals surface area contributed by atoms with Gasteiger partial charge in [-0.15, -0.1) is 0 Å². The largest absolute Gasteiger partial charge is 0.497 e. The third-order valence-electron chi connectivity index (χ3n) is 3.23. The van der Waals surface area contributed by atoms with Crippen molar-refractivity contribution >= 4 is 10.0 Å². The summed E-state index contributed by atoms with van der Waals surface area (Å²) in [5, 5.41) is 3.15. The summed E-state index contributed by atoms with van der Waals surface area (Å²) < 4.78 is 31.6. The first kappa shape index (κ1) is 14.3. The highest BCUT2D eigenvalue weighted by molar-refractivity contribution is 7.89. The molecule has 7 heteroatoms. The Morgan fingerprint density at radius 2 is 2.11 bits per heavy atom. The number of hydrogen-bond acceptors (Lipinski definition) is 5. The average Bonchev–Trinajstić information content (AvgIpc) is 2.47. The maximum Gasteiger partial charge on any atom is 0.243 e. The molecule has 0 bridgehead atoms. The van der Waals surface area contributed by atoms with E-state index in [1.54, 1.807) is 31.4 Å². The minimum Gasteiger partial charge on any atom is -0.497 e. The zero-order valence-corrected chi connectivity index (χ0v) is 11.7. The summed E-state index contributed by atoms with van der Waals surface area (Å²) in [6, 6.07) is 6.22. The van der Waals surface area contributed by atoms with Gasteiger partial charge < -0.3 is 15.8 Å². The summed E-state index contributed by atoms with van der Waals surface area (Å²) in [5.74, 6) is 0.634. The Kier molecular flexibility index (Phi) is 4.41. The van der Waals surface area contributed by atoms with Crippen molar-refractivity contribution in [3.8, 4) is 5.75 Å². The summed E-state index contributed by atoms with van der Waals surface area (Å²) in [6.45, 7) is 1.98. The number of rotatable bonds is 4. The first-order chi connectivity index (χ1) is 9.09. The van der Waals surface area contributed by atoms with E-state index in [4.69, 9.17) is 10.5 Å². The molecule has 0 radical (unpaired) electrons. The standard InChI is InChI=1S/C12H19N3O3S/c1-18-11-2-4-12(5-3-11)19(16,17)15-7-6-14-9-10(15)8-13/h2-5,10,14H,6-9,13H2,1H3. The Morgan fingerprint density at radius 3 is 2.68 bits per heavy atom. The number of piperazine rings is 1. The molecule has 1 aliphatic rings. The fraction of sp³-hybridized carbons (Fsp3) is 0.500. The van der Waals surface area contributed by atoms with Gasteiger partial charge in [-0.1, -0.05) is 0 Å². The van der Waals surface area contributed by atoms with Crippen LogP contribution in [0.4, 0.5) is 0 Å². The van der Waals surface area contributed by atoms with E-state index in [0.717, 1.165) is 0 Å². The lowest BCUT2D eigenvalue weighted by Crippen LogP contribution is -2.56. The second-order valence-electron chi connectivity index (χ2n) is 4.38. The maximum atomic E-state index is 12.6. The van der Waals surface area contributed by atoms with E-state index in [9.17, 15) is 8.42 Å². The zero-order valence-electron chi connectivity index (χ0n) is 10.9. The summed E-state index contributed by atoms with van der Waals surface area (Å²) in [7, 11) is -1.94. The second-order valence-corrected chi connectivity index (χ2v) is 6.28. The van der Waals surface area contributed by atoms with Crippen LogP contribution in [0.15, 0.2) is 29.2 Å². The van der Waals surface area contributed by atoms with E-state index >= 15 is 0 Å². The normalized spacial score (nSPS) is 21.3. The van der Waals surface area contributed by atoms with E-state index in [-0.39, 0.29) is 10.9 Å². The predicted molar refractivity (Wildman–Crippen MR) is 72.6 cm³/mol. The summed E-state index contributed by atoms with van der Waals surface area (Å²) >= 11 is 0. The molecule has 2 rings (SSSR count). The van der Waals surface area contributed by atoms with Crippen LogP contribution < -0.4 is 15.8 Å². The highest BCUT2D eigenvalue weighted by Gasteiger charge is 2.32. The predicted octanol–water partition coefficient (Wildman–Crippen LogP) is -0.384. The number of nitrogens with zero attached hydrogens (tertiary/aromatic N) is 1. The number of sulfonamides is 1. The highest BCUT2D eigenvalue weighted by atomic mass is 32.2. The van der Waals surface area contributed by atoms with Gasteiger partial charge in [0.25, 0.3) is 0 Å². The van der Waals surface area contributed by atoms with Crippen LogP contribution in [0.2, 0.25) is 0 Å². The number of methoxy groups -OCH3 is 1. The zero-order chi connectivity index (χ0) is 13.9. The Morgan fingerprint density at radius 1 is 1.42 bits per heavy atom. The van der Waals surface area contributed by atoms with Crippen molar-refractivity contribution in [2.24, 2.45) is 5.73 Å². The van der Waals surface area contributed by atoms with Crippen molar-refractivity contribution in [2.45, 2.75) is 10.9 Å². The van der Waals surface area contributed by atoms with Crippen molar-refractivity contribution in [1.82, 2.24) is 9.62 Å². The van der Waals surface area contributed by atoms with Gasteiger partial charge in [0.15, 0.2) is 0 Å². The molecule has 106 valence electrons. The van der Waals surface area contributed by atoms with Crippen LogP contribution in [0, 0.1) is 0 Å². The van der Waals surface area contributed by atoms with Gasteiger partial charge in [-0.25, -0.2) is 8.42 Å². The van der Waals surface area contributed by atoms with Crippen LogP contribution in [0.3, 0.4) is 0 Å². The van der Waals surface area contributed by atoms with Crippen molar-refractivity contribution in [3.05, 3.63) is 24.3 Å². The van der Waals surface area contributed by atoms with Gasteiger partial charge in [-0.2, -0.15) is 4.31 Å². The minimum atomic E-state index is -3.49. The molecule has 1 heterocycles. The van der Waals surface area contributed by atoms with Crippen molar-refractivity contribution in [3.63, 3.8) is 0 Å². The van der Waals surface area contributed by atoms with Crippen LogP contribution in [0.5, 0.6) is 5.75 Å². The molecule has 0 aromatic heterocycles. The lowest BCUT2D eigenvalue weighted by atomic mass is 10.2. The van der Waals surface area contributed by atoms with Gasteiger partial charge in [-0.05, 0) is 24.3 Å². The van der Waals surface area contributed by atoms with E-state index in [2.05, 4.69) is 5.32 Å². The number of nitrogens with one attached hydrogen (secondary N) is 1. The molecule has 0 amide bonds. The Bertz CT molecular complexity index is 516. The fourth-order valence-corrected chi connectivity index (χ4v) is 3.78. The molecule has 0 aliphatic carbocycles. The molecule has 1 fully saturated rings. The Labute approximate surface area is 113 Å². The van der Waals surface area contributed by atoms with Crippen LogP contribution >= 0.6 is 0 Å². The Hall–Kier alpha value is -1.15. The molecule has 1 atom stereocenters. The van der Waals surface area contributed by atoms with Gasteiger partial charge in [0.1, 0.15) is 5.75 Å². The summed E-state index contributed by atoms with van der Waals surface area (Å²) in [5.41, 5.74) is 5.65. The molecular weight excluding hydrogens is 266 g/mol. The topological polar surface area (TPSA) is 84.7 Å². The minimum absolute atomic E-state index is 0.194. The molecule has 1 saturated heterocycles. The molecule has 19 heavy (non-hydrogen) atoms. The smallest absolute Gasteiger partial charge is 0.243 e. The number of ether oxygens (including phenoxy) is 1. The average molecular weight is 285 g/mol. The fourth-order valence-electron chi connectivity index (χ4n) is 2.14. The number of nitrogens with two attached hydrogens (primary N) is 1. The Balaban J connectivity index is 2.29. The van der Waals surface area contributed by atoms with Gasteiger partial charge >= 0.3 is 0 Å². The van der Waals surface area contributed by atoms with Crippen molar-refractivity contribution < 1.29 is 13.2 Å². The van der Waals surface area contributed by atoms with Crippen LogP contribution in [-0.2, 0) is 10.0 Å². The first-order valence-corrected chi connectivity index (χ1v) is 7.60. The molecule has 1 aliphatic heterocycles. The summed E-state index contributed by atoms with van der Waals surface area (Å²) in [6.07, 6.45) is 0. The van der Waals surface area contributed by atoms with E-state index in [0.29, 0.717) is 31.9 Å². The SMILES string of the molecule is COc1ccc(S(=O)(=O)N2CCNCC2CN)cc1. The van der Waals surface area contributed by atoms with Crippen LogP contribution in [0.25, 0.3) is 0 Å². The van der Waals surface area contributed by atoms with Crippen LogP contribution in [-0.4, -0.2) is 52.1 Å². The van der Waals surface area contributed by atoms with Gasteiger partial charge in [0.05, 0.1) is 12.0 Å². The van der Waals surface area contributed by atoms with Gasteiger partial charge in [-0.3, -0.25) is 0 Å². The molecule has 6 nitrogen and oxygen atoms in total. The third kappa shape index (κ3) is 2.89. The number of hydrogen-bond donors (Lipinski definition) is 2. The quantitative estimate of drug-likeness (QED) is 0.787. The van der Waals surface area contributed by atoms with Crippen molar-refractivity contribution in [1.29, 1.82) is 0 Å². The first-order valence-electron chi connectivity index (χ1n) is 6.16. The summed E-state index contributed by atoms with van der Waals surface area (Å²) in [4.78, 5) is 0.272. The lowest BCUT2D eigenvalue weighted by Gasteiger charge is -2.34. The highest BCUT2D eigenvalue weighted by Crippen LogP contribution is 2.21. The molecular formula is C12H19N3O3S. The van der Waals surface area contributed by atoms with E-state index in [1.165, 1.54) is 4.31 Å². The molecule has 0 saturated carbocycles. The second kappa shape index (κ2) is 5.87. The molecule has 1 aromatic carbocycles. The van der Waals surface area contributed by atoms with Gasteiger partial charge in [0.2, 0.25) is 10.0 Å². The maximum absolute atomic E-state index is 12.6. The molecule has 1 aromatic rings. The van der Waals surface area contributed by atoms with E-state index in [1.807, 2.05) is 0 Å². The third-order valence-corrected chi connectivity index (χ3v) is 5.20. The van der Waals surface area contributed by atoms with Gasteiger partial charge in [0, 0.05) is 32.2 Å². The van der Waals surface area contributed by atoms with Crippen molar-refractivity contribution in [2.75, 3.05) is 33.3 Å².